The van der Waals surface area contributed by atoms with E-state index in [9.17, 15) is 9.90 Å². The molecule has 0 saturated carbocycles. The maximum Gasteiger partial charge on any atom is 0.255 e. The summed E-state index contributed by atoms with van der Waals surface area (Å²) in [5, 5.41) is 9.37. The Bertz CT molecular complexity index is 771. The van der Waals surface area contributed by atoms with Crippen LogP contribution in [0.1, 0.15) is 22.3 Å². The Balaban J connectivity index is 1.76. The van der Waals surface area contributed by atoms with Crippen LogP contribution in [0.25, 0.3) is 5.57 Å². The average molecular weight is 484 g/mol. The van der Waals surface area contributed by atoms with Crippen molar-refractivity contribution in [2.24, 2.45) is 0 Å². The Hall–Kier alpha value is -1.34. The summed E-state index contributed by atoms with van der Waals surface area (Å²) in [5.74, 6) is 0.336. The summed E-state index contributed by atoms with van der Waals surface area (Å²) in [6, 6.07) is 13.0. The number of phenolic OH excluding ortho intramolecular Hbond substituents is 1. The first-order chi connectivity index (χ1) is 11.0. The molecule has 2 aromatic rings. The number of hydrogen-bond donors (Lipinski definition) is 1. The summed E-state index contributed by atoms with van der Waals surface area (Å²) >= 11 is 5.63. The second kappa shape index (κ2) is 7.05. The summed E-state index contributed by atoms with van der Waals surface area (Å²) in [6.07, 6.45) is 2.92. The van der Waals surface area contributed by atoms with Gasteiger partial charge in [0.15, 0.2) is 0 Å². The third kappa shape index (κ3) is 3.77. The molecule has 0 spiro atoms. The largest absolute Gasteiger partial charge is 0.508 e. The zero-order chi connectivity index (χ0) is 16.4. The van der Waals surface area contributed by atoms with Gasteiger partial charge in [-0.1, -0.05) is 34.1 Å². The van der Waals surface area contributed by atoms with E-state index in [1.807, 2.05) is 35.2 Å². The van der Waals surface area contributed by atoms with Gasteiger partial charge in [0.25, 0.3) is 5.91 Å². The highest BCUT2D eigenvalue weighted by Gasteiger charge is 2.21. The van der Waals surface area contributed by atoms with Gasteiger partial charge in [0.05, 0.1) is 5.56 Å². The van der Waals surface area contributed by atoms with E-state index < -0.39 is 0 Å². The van der Waals surface area contributed by atoms with Crippen LogP contribution in [0.15, 0.2) is 53.0 Å². The Morgan fingerprint density at radius 3 is 2.57 bits per heavy atom. The van der Waals surface area contributed by atoms with Crippen LogP contribution in [-0.2, 0) is 0 Å². The van der Waals surface area contributed by atoms with E-state index in [4.69, 9.17) is 0 Å². The molecule has 23 heavy (non-hydrogen) atoms. The van der Waals surface area contributed by atoms with Gasteiger partial charge in [0.1, 0.15) is 5.75 Å². The molecule has 0 saturated heterocycles. The fourth-order valence-corrected chi connectivity index (χ4v) is 3.55. The van der Waals surface area contributed by atoms with Crippen molar-refractivity contribution in [3.8, 4) is 5.75 Å². The molecule has 0 atom stereocenters. The third-order valence-electron chi connectivity index (χ3n) is 3.89. The zero-order valence-electron chi connectivity index (χ0n) is 12.3. The van der Waals surface area contributed by atoms with Crippen LogP contribution in [0.4, 0.5) is 0 Å². The molecule has 0 bridgehead atoms. The number of amides is 1. The van der Waals surface area contributed by atoms with Gasteiger partial charge in [-0.25, -0.2) is 0 Å². The summed E-state index contributed by atoms with van der Waals surface area (Å²) in [7, 11) is 0. The average Bonchev–Trinajstić information content (AvgIpc) is 2.57. The molecule has 0 fully saturated rings. The SMILES string of the molecule is O=C(c1cc(Br)ccc1I)N1CC=C(c2ccc(O)cc2)CC1. The van der Waals surface area contributed by atoms with E-state index in [1.165, 1.54) is 5.57 Å². The molecule has 5 heteroatoms. The number of halogens is 2. The van der Waals surface area contributed by atoms with Crippen LogP contribution in [-0.4, -0.2) is 29.0 Å². The second-order valence-corrected chi connectivity index (χ2v) is 7.48. The van der Waals surface area contributed by atoms with Crippen molar-refractivity contribution in [2.75, 3.05) is 13.1 Å². The molecular weight excluding hydrogens is 469 g/mol. The number of benzene rings is 2. The van der Waals surface area contributed by atoms with Crippen LogP contribution in [0.2, 0.25) is 0 Å². The van der Waals surface area contributed by atoms with E-state index in [-0.39, 0.29) is 11.7 Å². The van der Waals surface area contributed by atoms with Crippen molar-refractivity contribution in [3.05, 3.63) is 67.7 Å². The lowest BCUT2D eigenvalue weighted by Gasteiger charge is -2.27. The van der Waals surface area contributed by atoms with E-state index in [2.05, 4.69) is 44.6 Å². The number of aromatic hydroxyl groups is 1. The number of carbonyl (C=O) groups is 1. The summed E-state index contributed by atoms with van der Waals surface area (Å²) in [4.78, 5) is 14.6. The van der Waals surface area contributed by atoms with E-state index in [1.54, 1.807) is 12.1 Å². The first-order valence-electron chi connectivity index (χ1n) is 7.27. The molecular formula is C18H15BrINO2. The molecule has 118 valence electrons. The quantitative estimate of drug-likeness (QED) is 0.629. The second-order valence-electron chi connectivity index (χ2n) is 5.40. The maximum absolute atomic E-state index is 12.7. The Kier molecular flexibility index (Phi) is 5.06. The molecule has 1 aliphatic rings. The minimum atomic E-state index is 0.0664. The predicted molar refractivity (Wildman–Crippen MR) is 103 cm³/mol. The van der Waals surface area contributed by atoms with E-state index in [0.717, 1.165) is 25.6 Å². The van der Waals surface area contributed by atoms with Gasteiger partial charge < -0.3 is 10.0 Å². The van der Waals surface area contributed by atoms with Gasteiger partial charge in [0, 0.05) is 21.1 Å². The van der Waals surface area contributed by atoms with Gasteiger partial charge in [-0.15, -0.1) is 0 Å². The monoisotopic (exact) mass is 483 g/mol. The third-order valence-corrected chi connectivity index (χ3v) is 5.33. The van der Waals surface area contributed by atoms with Gasteiger partial charge in [-0.2, -0.15) is 0 Å². The van der Waals surface area contributed by atoms with Crippen molar-refractivity contribution < 1.29 is 9.90 Å². The lowest BCUT2D eigenvalue weighted by atomic mass is 9.99. The highest BCUT2D eigenvalue weighted by atomic mass is 127. The predicted octanol–water partition coefficient (Wildman–Crippen LogP) is 4.69. The van der Waals surface area contributed by atoms with Crippen molar-refractivity contribution >= 4 is 50.0 Å². The standard InChI is InChI=1S/C18H15BrINO2/c19-14-3-6-17(20)16(11-14)18(23)21-9-7-13(8-10-21)12-1-4-15(22)5-2-12/h1-7,11,22H,8-10H2. The minimum absolute atomic E-state index is 0.0664. The summed E-state index contributed by atoms with van der Waals surface area (Å²) in [6.45, 7) is 1.31. The van der Waals surface area contributed by atoms with Crippen LogP contribution >= 0.6 is 38.5 Å². The number of nitrogens with zero attached hydrogens (tertiary/aromatic N) is 1. The molecule has 0 unspecified atom stereocenters. The van der Waals surface area contributed by atoms with Crippen LogP contribution in [0.3, 0.4) is 0 Å². The fraction of sp³-hybridized carbons (Fsp3) is 0.167. The van der Waals surface area contributed by atoms with Crippen molar-refractivity contribution in [1.82, 2.24) is 4.90 Å². The molecule has 3 nitrogen and oxygen atoms in total. The number of hydrogen-bond acceptors (Lipinski definition) is 2. The van der Waals surface area contributed by atoms with Crippen LogP contribution < -0.4 is 0 Å². The number of rotatable bonds is 2. The van der Waals surface area contributed by atoms with Crippen LogP contribution in [0.5, 0.6) is 5.75 Å². The Labute approximate surface area is 157 Å². The lowest BCUT2D eigenvalue weighted by Crippen LogP contribution is -2.35. The Morgan fingerprint density at radius 2 is 1.91 bits per heavy atom. The molecule has 0 aromatic heterocycles. The highest BCUT2D eigenvalue weighted by molar-refractivity contribution is 14.1. The van der Waals surface area contributed by atoms with Gasteiger partial charge in [0.2, 0.25) is 0 Å². The van der Waals surface area contributed by atoms with Crippen molar-refractivity contribution in [3.63, 3.8) is 0 Å². The molecule has 3 rings (SSSR count). The topological polar surface area (TPSA) is 40.5 Å². The number of carbonyl (C=O) groups excluding carboxylic acids is 1. The first kappa shape index (κ1) is 16.5. The van der Waals surface area contributed by atoms with Crippen molar-refractivity contribution in [1.29, 1.82) is 0 Å². The maximum atomic E-state index is 12.7. The zero-order valence-corrected chi connectivity index (χ0v) is 16.0. The lowest BCUT2D eigenvalue weighted by molar-refractivity contribution is 0.0771. The smallest absolute Gasteiger partial charge is 0.255 e. The minimum Gasteiger partial charge on any atom is -0.508 e. The summed E-state index contributed by atoms with van der Waals surface area (Å²) < 4.78 is 1.88. The van der Waals surface area contributed by atoms with Crippen molar-refractivity contribution in [2.45, 2.75) is 6.42 Å². The molecule has 0 radical (unpaired) electrons. The normalized spacial score (nSPS) is 14.5. The van der Waals surface area contributed by atoms with E-state index >= 15 is 0 Å². The number of phenols is 1. The van der Waals surface area contributed by atoms with Gasteiger partial charge >= 0.3 is 0 Å². The Morgan fingerprint density at radius 1 is 1.17 bits per heavy atom. The fourth-order valence-electron chi connectivity index (χ4n) is 2.62. The van der Waals surface area contributed by atoms with Crippen LogP contribution in [0, 0.1) is 3.57 Å². The summed E-state index contributed by atoms with van der Waals surface area (Å²) in [5.41, 5.74) is 3.06. The molecule has 1 N–H and O–H groups in total. The molecule has 1 heterocycles. The highest BCUT2D eigenvalue weighted by Crippen LogP contribution is 2.26. The van der Waals surface area contributed by atoms with E-state index in [0.29, 0.717) is 13.1 Å². The molecule has 0 aliphatic carbocycles. The molecule has 1 amide bonds. The van der Waals surface area contributed by atoms with Gasteiger partial charge in [-0.05, 0) is 70.5 Å². The molecule has 2 aromatic carbocycles. The first-order valence-corrected chi connectivity index (χ1v) is 9.14. The molecule has 1 aliphatic heterocycles. The van der Waals surface area contributed by atoms with Gasteiger partial charge in [-0.3, -0.25) is 4.79 Å².